The molecular formula is C15H23NO2S. The Hall–Kier alpha value is -1.00. The lowest BCUT2D eigenvalue weighted by Crippen LogP contribution is -2.36. The van der Waals surface area contributed by atoms with Crippen LogP contribution in [0.25, 0.3) is 0 Å². The molecule has 0 aromatic heterocycles. The van der Waals surface area contributed by atoms with Crippen LogP contribution in [0.3, 0.4) is 0 Å². The molecule has 2 unspecified atom stereocenters. The quantitative estimate of drug-likeness (QED) is 0.639. The number of nitrogens with one attached hydrogen (secondary N) is 1. The molecule has 19 heavy (non-hydrogen) atoms. The van der Waals surface area contributed by atoms with Gasteiger partial charge in [-0.25, -0.2) is 0 Å². The van der Waals surface area contributed by atoms with Gasteiger partial charge >= 0.3 is 0 Å². The highest BCUT2D eigenvalue weighted by Gasteiger charge is 2.15. The van der Waals surface area contributed by atoms with E-state index in [0.717, 1.165) is 18.4 Å². The molecule has 4 heteroatoms. The van der Waals surface area contributed by atoms with Gasteiger partial charge in [0.15, 0.2) is 0 Å². The zero-order chi connectivity index (χ0) is 14.1. The molecule has 0 spiro atoms. The first kappa shape index (κ1) is 16.1. The molecule has 106 valence electrons. The maximum Gasteiger partial charge on any atom is 0.233 e. The van der Waals surface area contributed by atoms with E-state index in [4.69, 9.17) is 5.11 Å². The largest absolute Gasteiger partial charge is 0.396 e. The summed E-state index contributed by atoms with van der Waals surface area (Å²) in [6, 6.07) is 9.87. The second kappa shape index (κ2) is 8.99. The average Bonchev–Trinajstić information content (AvgIpc) is 2.44. The highest BCUT2D eigenvalue weighted by Crippen LogP contribution is 2.09. The van der Waals surface area contributed by atoms with Crippen LogP contribution < -0.4 is 5.32 Å². The minimum absolute atomic E-state index is 0.0384. The van der Waals surface area contributed by atoms with Gasteiger partial charge in [0.05, 0.1) is 5.25 Å². The lowest BCUT2D eigenvalue weighted by Gasteiger charge is -2.16. The molecule has 2 N–H and O–H groups in total. The van der Waals surface area contributed by atoms with Crippen LogP contribution >= 0.6 is 12.6 Å². The van der Waals surface area contributed by atoms with Crippen molar-refractivity contribution in [1.29, 1.82) is 0 Å². The molecule has 0 fully saturated rings. The zero-order valence-corrected chi connectivity index (χ0v) is 12.3. The Balaban J connectivity index is 2.36. The molecule has 0 saturated heterocycles. The number of hydrogen-bond acceptors (Lipinski definition) is 3. The topological polar surface area (TPSA) is 49.3 Å². The molecule has 1 aromatic rings. The average molecular weight is 281 g/mol. The number of benzene rings is 1. The van der Waals surface area contributed by atoms with Crippen molar-refractivity contribution in [2.24, 2.45) is 5.92 Å². The van der Waals surface area contributed by atoms with Crippen molar-refractivity contribution in [2.45, 2.75) is 31.4 Å². The van der Waals surface area contributed by atoms with Crippen LogP contribution in [0.2, 0.25) is 0 Å². The minimum Gasteiger partial charge on any atom is -0.396 e. The third-order valence-corrected chi connectivity index (χ3v) is 3.67. The number of aliphatic hydroxyl groups is 1. The Labute approximate surface area is 120 Å². The maximum atomic E-state index is 11.9. The van der Waals surface area contributed by atoms with Crippen molar-refractivity contribution in [1.82, 2.24) is 5.32 Å². The number of thiol groups is 1. The number of carbonyl (C=O) groups is 1. The van der Waals surface area contributed by atoms with E-state index in [1.54, 1.807) is 0 Å². The fourth-order valence-corrected chi connectivity index (χ4v) is 2.23. The van der Waals surface area contributed by atoms with Gasteiger partial charge in [-0.15, -0.1) is 0 Å². The van der Waals surface area contributed by atoms with Crippen molar-refractivity contribution in [3.63, 3.8) is 0 Å². The molecular weight excluding hydrogens is 258 g/mol. The second-order valence-corrected chi connectivity index (χ2v) is 5.36. The van der Waals surface area contributed by atoms with Gasteiger partial charge in [0.2, 0.25) is 5.91 Å². The monoisotopic (exact) mass is 281 g/mol. The number of hydrogen-bond donors (Lipinski definition) is 3. The van der Waals surface area contributed by atoms with Crippen LogP contribution in [-0.4, -0.2) is 29.4 Å². The van der Waals surface area contributed by atoms with Crippen molar-refractivity contribution in [2.75, 3.05) is 13.2 Å². The van der Waals surface area contributed by atoms with Crippen molar-refractivity contribution in [3.8, 4) is 0 Å². The van der Waals surface area contributed by atoms with E-state index in [1.165, 1.54) is 0 Å². The van der Waals surface area contributed by atoms with E-state index >= 15 is 0 Å². The smallest absolute Gasteiger partial charge is 0.233 e. The van der Waals surface area contributed by atoms with Gasteiger partial charge in [0.1, 0.15) is 0 Å². The van der Waals surface area contributed by atoms with E-state index < -0.39 is 0 Å². The third-order valence-electron chi connectivity index (χ3n) is 3.25. The van der Waals surface area contributed by atoms with Crippen LogP contribution in [0.4, 0.5) is 0 Å². The summed E-state index contributed by atoms with van der Waals surface area (Å²) in [5, 5.41) is 11.5. The summed E-state index contributed by atoms with van der Waals surface area (Å²) in [6.07, 6.45) is 2.32. The Morgan fingerprint density at radius 2 is 2.05 bits per heavy atom. The number of amides is 1. The summed E-state index contributed by atoms with van der Waals surface area (Å²) in [5.74, 6) is 0.301. The third kappa shape index (κ3) is 6.12. The molecule has 1 rings (SSSR count). The Morgan fingerprint density at radius 1 is 1.37 bits per heavy atom. The maximum absolute atomic E-state index is 11.9. The van der Waals surface area contributed by atoms with Crippen LogP contribution in [0, 0.1) is 5.92 Å². The van der Waals surface area contributed by atoms with E-state index in [2.05, 4.69) is 24.9 Å². The normalized spacial score (nSPS) is 13.8. The fourth-order valence-electron chi connectivity index (χ4n) is 1.93. The van der Waals surface area contributed by atoms with Gasteiger partial charge in [-0.2, -0.15) is 12.6 Å². The fraction of sp³-hybridized carbons (Fsp3) is 0.533. The molecule has 1 amide bonds. The lowest BCUT2D eigenvalue weighted by molar-refractivity contribution is -0.120. The van der Waals surface area contributed by atoms with Gasteiger partial charge in [-0.1, -0.05) is 43.7 Å². The first-order valence-corrected chi connectivity index (χ1v) is 7.29. The lowest BCUT2D eigenvalue weighted by atomic mass is 10.0. The van der Waals surface area contributed by atoms with E-state index in [9.17, 15) is 4.79 Å². The molecule has 3 nitrogen and oxygen atoms in total. The van der Waals surface area contributed by atoms with Crippen molar-refractivity contribution < 1.29 is 9.90 Å². The molecule has 0 aliphatic carbocycles. The molecule has 0 aliphatic heterocycles. The molecule has 2 atom stereocenters. The number of rotatable bonds is 8. The predicted octanol–water partition coefficient (Wildman–Crippen LogP) is 2.05. The highest BCUT2D eigenvalue weighted by atomic mass is 32.1. The minimum atomic E-state index is -0.325. The van der Waals surface area contributed by atoms with Gasteiger partial charge in [0.25, 0.3) is 0 Å². The first-order chi connectivity index (χ1) is 9.17. The molecule has 0 radical (unpaired) electrons. The standard InChI is InChI=1S/C15H23NO2S/c1-2-12(8-9-17)11-16-15(18)14(19)10-13-6-4-3-5-7-13/h3-7,12,14,17,19H,2,8-11H2,1H3,(H,16,18). The van der Waals surface area contributed by atoms with Crippen LogP contribution in [-0.2, 0) is 11.2 Å². The van der Waals surface area contributed by atoms with Crippen molar-refractivity contribution >= 4 is 18.5 Å². The summed E-state index contributed by atoms with van der Waals surface area (Å²) >= 11 is 4.36. The summed E-state index contributed by atoms with van der Waals surface area (Å²) in [5.41, 5.74) is 1.11. The first-order valence-electron chi connectivity index (χ1n) is 6.78. The Kier molecular flexibility index (Phi) is 7.60. The molecule has 0 aliphatic rings. The molecule has 0 saturated carbocycles. The molecule has 0 heterocycles. The van der Waals surface area contributed by atoms with Crippen LogP contribution in [0.5, 0.6) is 0 Å². The summed E-state index contributed by atoms with van der Waals surface area (Å²) in [6.45, 7) is 2.85. The van der Waals surface area contributed by atoms with Gasteiger partial charge < -0.3 is 10.4 Å². The molecule has 0 bridgehead atoms. The van der Waals surface area contributed by atoms with Gasteiger partial charge in [-0.3, -0.25) is 4.79 Å². The predicted molar refractivity (Wildman–Crippen MR) is 81.4 cm³/mol. The molecule has 1 aromatic carbocycles. The van der Waals surface area contributed by atoms with Gasteiger partial charge in [-0.05, 0) is 24.3 Å². The Morgan fingerprint density at radius 3 is 2.63 bits per heavy atom. The Bertz CT molecular complexity index is 370. The number of carbonyl (C=O) groups excluding carboxylic acids is 1. The zero-order valence-electron chi connectivity index (χ0n) is 11.4. The summed E-state index contributed by atoms with van der Waals surface area (Å²) in [7, 11) is 0. The van der Waals surface area contributed by atoms with Gasteiger partial charge in [0, 0.05) is 13.2 Å². The van der Waals surface area contributed by atoms with E-state index in [0.29, 0.717) is 18.9 Å². The van der Waals surface area contributed by atoms with E-state index in [1.807, 2.05) is 30.3 Å². The summed E-state index contributed by atoms with van der Waals surface area (Å²) < 4.78 is 0. The van der Waals surface area contributed by atoms with Crippen LogP contribution in [0.15, 0.2) is 30.3 Å². The highest BCUT2D eigenvalue weighted by molar-refractivity contribution is 7.81. The SMILES string of the molecule is CCC(CCO)CNC(=O)C(S)Cc1ccccc1. The van der Waals surface area contributed by atoms with E-state index in [-0.39, 0.29) is 17.8 Å². The number of aliphatic hydroxyl groups excluding tert-OH is 1. The summed E-state index contributed by atoms with van der Waals surface area (Å²) in [4.78, 5) is 11.9. The van der Waals surface area contributed by atoms with Crippen LogP contribution in [0.1, 0.15) is 25.3 Å². The second-order valence-electron chi connectivity index (χ2n) is 4.74. The van der Waals surface area contributed by atoms with Crippen molar-refractivity contribution in [3.05, 3.63) is 35.9 Å².